The van der Waals surface area contributed by atoms with Crippen LogP contribution in [0.1, 0.15) is 77.6 Å². The Kier molecular flexibility index (Phi) is 18.0. The highest BCUT2D eigenvalue weighted by molar-refractivity contribution is 5.91. The number of ether oxygens (including phenoxy) is 5. The van der Waals surface area contributed by atoms with E-state index in [1.165, 1.54) is 18.2 Å². The van der Waals surface area contributed by atoms with Gasteiger partial charge in [0.25, 0.3) is 0 Å². The summed E-state index contributed by atoms with van der Waals surface area (Å²) in [5, 5.41) is 0. The molecule has 3 aromatic carbocycles. The van der Waals surface area contributed by atoms with E-state index in [9.17, 15) is 19.2 Å². The van der Waals surface area contributed by atoms with Crippen molar-refractivity contribution in [3.63, 3.8) is 0 Å². The van der Waals surface area contributed by atoms with Crippen LogP contribution in [0.2, 0.25) is 0 Å². The highest BCUT2D eigenvalue weighted by atomic mass is 17.2. The Balaban J connectivity index is 1.33. The first-order valence-corrected chi connectivity index (χ1v) is 16.6. The average molecular weight is 689 g/mol. The predicted molar refractivity (Wildman–Crippen MR) is 185 cm³/mol. The Bertz CT molecular complexity index is 1510. The van der Waals surface area contributed by atoms with Crippen molar-refractivity contribution < 1.29 is 52.6 Å². The zero-order valence-corrected chi connectivity index (χ0v) is 28.2. The molecular weight excluding hydrogens is 644 g/mol. The second-order valence-electron chi connectivity index (χ2n) is 11.0. The van der Waals surface area contributed by atoms with E-state index in [1.807, 2.05) is 24.3 Å². The molecule has 0 saturated carbocycles. The van der Waals surface area contributed by atoms with Crippen molar-refractivity contribution in [2.24, 2.45) is 0 Å². The maximum absolute atomic E-state index is 12.7. The number of rotatable bonds is 25. The van der Waals surface area contributed by atoms with Crippen LogP contribution >= 0.6 is 0 Å². The van der Waals surface area contributed by atoms with Crippen molar-refractivity contribution in [3.8, 4) is 23.0 Å². The smallest absolute Gasteiger partial charge is 0.343 e. The number of hydrogen-bond donors (Lipinski definition) is 0. The normalized spacial score (nSPS) is 10.4. The molecule has 11 nitrogen and oxygen atoms in total. The minimum atomic E-state index is -0.591. The molecule has 0 aliphatic heterocycles. The third-order valence-corrected chi connectivity index (χ3v) is 7.14. The van der Waals surface area contributed by atoms with E-state index in [0.29, 0.717) is 44.0 Å². The molecule has 0 amide bonds. The highest BCUT2D eigenvalue weighted by Crippen LogP contribution is 2.25. The van der Waals surface area contributed by atoms with Gasteiger partial charge in [-0.05, 0) is 112 Å². The second-order valence-corrected chi connectivity index (χ2v) is 11.0. The molecule has 0 aromatic heterocycles. The predicted octanol–water partition coefficient (Wildman–Crippen LogP) is 7.57. The maximum Gasteiger partial charge on any atom is 0.343 e. The third kappa shape index (κ3) is 15.2. The van der Waals surface area contributed by atoms with Crippen molar-refractivity contribution >= 4 is 24.2 Å². The minimum absolute atomic E-state index is 0.125. The molecule has 0 atom stereocenters. The van der Waals surface area contributed by atoms with Crippen LogP contribution < -0.4 is 19.1 Å². The summed E-state index contributed by atoms with van der Waals surface area (Å²) < 4.78 is 26.9. The molecule has 0 N–H and O–H groups in total. The summed E-state index contributed by atoms with van der Waals surface area (Å²) in [4.78, 5) is 57.1. The molecule has 0 aliphatic rings. The molecule has 0 saturated heterocycles. The Labute approximate surface area is 292 Å². The van der Waals surface area contributed by atoms with Crippen LogP contribution in [0.3, 0.4) is 0 Å². The van der Waals surface area contributed by atoms with E-state index in [-0.39, 0.29) is 23.7 Å². The van der Waals surface area contributed by atoms with Gasteiger partial charge >= 0.3 is 17.9 Å². The molecule has 0 unspecified atom stereocenters. The maximum atomic E-state index is 12.7. The summed E-state index contributed by atoms with van der Waals surface area (Å²) in [5.74, 6) is 0.309. The Morgan fingerprint density at radius 1 is 0.600 bits per heavy atom. The summed E-state index contributed by atoms with van der Waals surface area (Å²) in [6.07, 6.45) is 9.97. The summed E-state index contributed by atoms with van der Waals surface area (Å²) in [7, 11) is 0. The number of hydrogen-bond acceptors (Lipinski definition) is 11. The lowest BCUT2D eigenvalue weighted by atomic mass is 10.2. The average Bonchev–Trinajstić information content (AvgIpc) is 3.14. The molecule has 0 aliphatic carbocycles. The van der Waals surface area contributed by atoms with Crippen LogP contribution in [0, 0.1) is 0 Å². The van der Waals surface area contributed by atoms with Gasteiger partial charge in [0.15, 0.2) is 12.0 Å². The van der Waals surface area contributed by atoms with Gasteiger partial charge < -0.3 is 28.6 Å². The van der Waals surface area contributed by atoms with Crippen molar-refractivity contribution in [1.82, 2.24) is 0 Å². The van der Waals surface area contributed by atoms with Gasteiger partial charge in [-0.3, -0.25) is 4.79 Å². The van der Waals surface area contributed by atoms with E-state index >= 15 is 0 Å². The number of aldehydes is 1. The van der Waals surface area contributed by atoms with Gasteiger partial charge in [0.1, 0.15) is 23.9 Å². The van der Waals surface area contributed by atoms with Gasteiger partial charge in [-0.2, -0.15) is 4.89 Å². The molecular formula is C39H44O11. The van der Waals surface area contributed by atoms with Crippen molar-refractivity contribution in [2.75, 3.05) is 26.4 Å². The van der Waals surface area contributed by atoms with Gasteiger partial charge in [0.05, 0.1) is 37.6 Å². The Morgan fingerprint density at radius 2 is 1.10 bits per heavy atom. The summed E-state index contributed by atoms with van der Waals surface area (Å²) in [6.45, 7) is 8.72. The first-order chi connectivity index (χ1) is 24.4. The standard InChI is InChI=1S/C39H44O11/c1-3-37(41)46-25-11-7-5-9-23-44-33-17-13-30(14-18-33)29-48-50-36-22-21-35(27-32(36)28-40)49-39(43)31-15-19-34(20-16-31)45-24-10-6-8-12-26-47-38(42)4-2/h3-4,13-22,27-28H,1-2,5-12,23-26,29H2. The first-order valence-electron chi connectivity index (χ1n) is 16.6. The van der Waals surface area contributed by atoms with E-state index in [1.54, 1.807) is 24.3 Å². The van der Waals surface area contributed by atoms with Crippen LogP contribution in [0.25, 0.3) is 0 Å². The van der Waals surface area contributed by atoms with Gasteiger partial charge in [-0.15, -0.1) is 0 Å². The number of carbonyl (C=O) groups is 4. The molecule has 0 bridgehead atoms. The number of carbonyl (C=O) groups excluding carboxylic acids is 4. The number of unbranched alkanes of at least 4 members (excludes halogenated alkanes) is 6. The molecule has 0 spiro atoms. The molecule has 11 heteroatoms. The molecule has 0 radical (unpaired) electrons. The Morgan fingerprint density at radius 3 is 1.62 bits per heavy atom. The fraction of sp³-hybridized carbons (Fsp3) is 0.333. The van der Waals surface area contributed by atoms with Crippen LogP contribution in [0.4, 0.5) is 0 Å². The van der Waals surface area contributed by atoms with Crippen LogP contribution in [0.15, 0.2) is 92.0 Å². The third-order valence-electron chi connectivity index (χ3n) is 7.14. The van der Waals surface area contributed by atoms with Crippen molar-refractivity contribution in [1.29, 1.82) is 0 Å². The van der Waals surface area contributed by atoms with E-state index in [0.717, 1.165) is 74.8 Å². The second kappa shape index (κ2) is 23.0. The molecule has 3 aromatic rings. The zero-order chi connectivity index (χ0) is 35.8. The van der Waals surface area contributed by atoms with Crippen molar-refractivity contribution in [2.45, 2.75) is 58.0 Å². The van der Waals surface area contributed by atoms with Gasteiger partial charge in [-0.1, -0.05) is 25.3 Å². The fourth-order valence-corrected chi connectivity index (χ4v) is 4.41. The highest BCUT2D eigenvalue weighted by Gasteiger charge is 2.13. The quantitative estimate of drug-likeness (QED) is 0.0166. The van der Waals surface area contributed by atoms with Crippen LogP contribution in [-0.4, -0.2) is 50.6 Å². The monoisotopic (exact) mass is 688 g/mol. The molecule has 266 valence electrons. The SMILES string of the molecule is C=CC(=O)OCCCCCCOc1ccc(COOc2ccc(OC(=O)c3ccc(OCCCCCCOC(=O)C=C)cc3)cc2C=O)cc1. The van der Waals surface area contributed by atoms with Crippen LogP contribution in [0.5, 0.6) is 23.0 Å². The molecule has 3 rings (SSSR count). The van der Waals surface area contributed by atoms with E-state index in [2.05, 4.69) is 13.2 Å². The van der Waals surface area contributed by atoms with E-state index in [4.69, 9.17) is 33.5 Å². The van der Waals surface area contributed by atoms with Gasteiger partial charge in [0, 0.05) is 12.2 Å². The first kappa shape index (κ1) is 39.0. The molecule has 0 fully saturated rings. The number of benzene rings is 3. The van der Waals surface area contributed by atoms with Crippen LogP contribution in [-0.2, 0) is 30.6 Å². The van der Waals surface area contributed by atoms with Gasteiger partial charge in [0.2, 0.25) is 0 Å². The van der Waals surface area contributed by atoms with Crippen molar-refractivity contribution in [3.05, 3.63) is 109 Å². The molecule has 0 heterocycles. The fourth-order valence-electron chi connectivity index (χ4n) is 4.41. The lowest BCUT2D eigenvalue weighted by Crippen LogP contribution is -2.09. The molecule has 50 heavy (non-hydrogen) atoms. The summed E-state index contributed by atoms with van der Waals surface area (Å²) >= 11 is 0. The number of esters is 3. The lowest BCUT2D eigenvalue weighted by molar-refractivity contribution is -0.217. The van der Waals surface area contributed by atoms with E-state index < -0.39 is 17.9 Å². The van der Waals surface area contributed by atoms with Gasteiger partial charge in [-0.25, -0.2) is 14.4 Å². The lowest BCUT2D eigenvalue weighted by Gasteiger charge is -2.10. The summed E-state index contributed by atoms with van der Waals surface area (Å²) in [6, 6.07) is 18.4. The largest absolute Gasteiger partial charge is 0.494 e. The topological polar surface area (TPSA) is 133 Å². The zero-order valence-electron chi connectivity index (χ0n) is 28.2. The minimum Gasteiger partial charge on any atom is -0.494 e. The Hall–Kier alpha value is -5.42. The summed E-state index contributed by atoms with van der Waals surface area (Å²) in [5.41, 5.74) is 1.31.